The summed E-state index contributed by atoms with van der Waals surface area (Å²) < 4.78 is 35.7. The number of ether oxygens (including phenoxy) is 1. The molecule has 0 aromatic heterocycles. The van der Waals surface area contributed by atoms with Gasteiger partial charge in [0.2, 0.25) is 0 Å². The Labute approximate surface area is 181 Å². The third kappa shape index (κ3) is 4.25. The number of hydrogen-bond donors (Lipinski definition) is 2. The van der Waals surface area contributed by atoms with E-state index in [0.29, 0.717) is 29.9 Å². The molecule has 2 aromatic rings. The molecule has 0 unspecified atom stereocenters. The topological polar surface area (TPSA) is 96.9 Å². The van der Waals surface area contributed by atoms with Gasteiger partial charge in [-0.25, -0.2) is 4.79 Å². The maximum atomic E-state index is 13.2. The van der Waals surface area contributed by atoms with Crippen molar-refractivity contribution in [1.29, 1.82) is 0 Å². The van der Waals surface area contributed by atoms with Gasteiger partial charge in [-0.3, -0.25) is 0 Å². The van der Waals surface area contributed by atoms with E-state index in [9.17, 15) is 13.2 Å². The number of fused-ring (bicyclic) bond motifs is 2. The quantitative estimate of drug-likeness (QED) is 0.700. The number of nitrogens with zero attached hydrogens (tertiary/aromatic N) is 1. The van der Waals surface area contributed by atoms with Gasteiger partial charge in [0.25, 0.3) is 10.0 Å². The maximum Gasteiger partial charge on any atom is 0.343 e. The highest BCUT2D eigenvalue weighted by molar-refractivity contribution is 7.94. The Balaban J connectivity index is 1.81. The van der Waals surface area contributed by atoms with E-state index in [2.05, 4.69) is 15.0 Å². The van der Waals surface area contributed by atoms with Crippen LogP contribution < -0.4 is 10.6 Å². The lowest BCUT2D eigenvalue weighted by atomic mass is 9.98. The maximum absolute atomic E-state index is 13.2. The summed E-state index contributed by atoms with van der Waals surface area (Å²) >= 11 is 0. The highest BCUT2D eigenvalue weighted by Crippen LogP contribution is 2.31. The molecule has 160 valence electrons. The summed E-state index contributed by atoms with van der Waals surface area (Å²) in [5.74, 6) is -0.710. The van der Waals surface area contributed by atoms with E-state index >= 15 is 0 Å². The zero-order valence-corrected chi connectivity index (χ0v) is 18.1. The van der Waals surface area contributed by atoms with Crippen LogP contribution in [0.15, 0.2) is 69.1 Å². The van der Waals surface area contributed by atoms with Gasteiger partial charge in [-0.05, 0) is 56.0 Å². The van der Waals surface area contributed by atoms with Gasteiger partial charge in [-0.1, -0.05) is 36.4 Å². The van der Waals surface area contributed by atoms with E-state index < -0.39 is 16.0 Å². The molecule has 0 fully saturated rings. The van der Waals surface area contributed by atoms with Crippen molar-refractivity contribution < 1.29 is 17.9 Å². The normalized spacial score (nSPS) is 17.0. The number of esters is 1. The summed E-state index contributed by atoms with van der Waals surface area (Å²) in [6.45, 7) is 3.54. The molecule has 0 bridgehead atoms. The van der Waals surface area contributed by atoms with Gasteiger partial charge >= 0.3 is 5.97 Å². The first kappa shape index (κ1) is 20.9. The van der Waals surface area contributed by atoms with Crippen LogP contribution >= 0.6 is 0 Å². The Morgan fingerprint density at radius 1 is 1.03 bits per heavy atom. The van der Waals surface area contributed by atoms with Crippen LogP contribution in [-0.4, -0.2) is 26.8 Å². The molecule has 0 saturated carbocycles. The monoisotopic (exact) mass is 437 g/mol. The summed E-state index contributed by atoms with van der Waals surface area (Å²) in [4.78, 5) is 12.9. The van der Waals surface area contributed by atoms with Gasteiger partial charge in [-0.2, -0.15) is 8.42 Å². The number of rotatable bonds is 4. The summed E-state index contributed by atoms with van der Waals surface area (Å²) in [5, 5.41) is 6.16. The minimum Gasteiger partial charge on any atom is -0.462 e. The van der Waals surface area contributed by atoms with Crippen LogP contribution in [0.25, 0.3) is 6.08 Å². The number of para-hydroxylation sites is 2. The Morgan fingerprint density at radius 2 is 1.71 bits per heavy atom. The van der Waals surface area contributed by atoms with Crippen LogP contribution in [-0.2, 0) is 26.0 Å². The largest absolute Gasteiger partial charge is 0.462 e. The average molecular weight is 438 g/mol. The molecule has 2 aliphatic rings. The number of amidine groups is 1. The van der Waals surface area contributed by atoms with Crippen molar-refractivity contribution in [3.8, 4) is 0 Å². The lowest BCUT2D eigenvalue weighted by molar-refractivity contribution is -0.137. The highest BCUT2D eigenvalue weighted by atomic mass is 32.2. The minimum atomic E-state index is -4.03. The smallest absolute Gasteiger partial charge is 0.343 e. The number of hydrogen-bond acceptors (Lipinski definition) is 5. The lowest BCUT2D eigenvalue weighted by Crippen LogP contribution is -2.25. The summed E-state index contributed by atoms with van der Waals surface area (Å²) in [7, 11) is -4.03. The van der Waals surface area contributed by atoms with Crippen molar-refractivity contribution in [2.24, 2.45) is 4.40 Å². The van der Waals surface area contributed by atoms with Crippen molar-refractivity contribution >= 4 is 39.3 Å². The average Bonchev–Trinajstić information content (AvgIpc) is 2.88. The van der Waals surface area contributed by atoms with E-state index in [0.717, 1.165) is 11.1 Å². The molecule has 0 amide bonds. The van der Waals surface area contributed by atoms with E-state index in [1.807, 2.05) is 42.5 Å². The summed E-state index contributed by atoms with van der Waals surface area (Å²) in [6.07, 6.45) is 2.62. The predicted molar refractivity (Wildman–Crippen MR) is 122 cm³/mol. The predicted octanol–water partition coefficient (Wildman–Crippen LogP) is 4.08. The first-order valence-electron chi connectivity index (χ1n) is 10.0. The highest BCUT2D eigenvalue weighted by Gasteiger charge is 2.29. The first-order chi connectivity index (χ1) is 14.9. The second-order valence-electron chi connectivity index (χ2n) is 7.24. The number of carbonyl (C=O) groups is 1. The second-order valence-corrected chi connectivity index (χ2v) is 8.90. The fraction of sp³-hybridized carbons (Fsp3) is 0.217. The number of allylic oxidation sites excluding steroid dienone is 2. The summed E-state index contributed by atoms with van der Waals surface area (Å²) in [6, 6.07) is 14.9. The number of anilines is 2. The van der Waals surface area contributed by atoms with Crippen molar-refractivity contribution in [1.82, 2.24) is 0 Å². The molecular formula is C23H23N3O4S. The molecule has 0 atom stereocenters. The fourth-order valence-corrected chi connectivity index (χ4v) is 4.77. The third-order valence-electron chi connectivity index (χ3n) is 5.15. The van der Waals surface area contributed by atoms with E-state index in [1.54, 1.807) is 26.0 Å². The van der Waals surface area contributed by atoms with Gasteiger partial charge < -0.3 is 15.4 Å². The van der Waals surface area contributed by atoms with Crippen LogP contribution in [0.5, 0.6) is 0 Å². The van der Waals surface area contributed by atoms with Crippen molar-refractivity contribution in [2.75, 3.05) is 17.2 Å². The lowest BCUT2D eigenvalue weighted by Gasteiger charge is -2.16. The van der Waals surface area contributed by atoms with Crippen molar-refractivity contribution in [3.05, 3.63) is 75.8 Å². The van der Waals surface area contributed by atoms with E-state index in [4.69, 9.17) is 4.74 Å². The number of sulfonamides is 1. The molecule has 1 heterocycles. The molecule has 8 heteroatoms. The molecule has 7 nitrogen and oxygen atoms in total. The fourth-order valence-electron chi connectivity index (χ4n) is 3.64. The van der Waals surface area contributed by atoms with Crippen molar-refractivity contribution in [3.63, 3.8) is 0 Å². The molecule has 0 spiro atoms. The zero-order chi connectivity index (χ0) is 22.0. The van der Waals surface area contributed by atoms with Gasteiger partial charge in [0.05, 0.1) is 22.9 Å². The minimum absolute atomic E-state index is 0.0541. The van der Waals surface area contributed by atoms with Crippen LogP contribution in [0.2, 0.25) is 0 Å². The SMILES string of the molecule is CCOC(=O)C1=C(C)Nc2ccccc2NC1=NS(=O)(=O)C1=Cc2ccccc2CC1. The standard InChI is InChI=1S/C23H23N3O4S/c1-3-30-23(27)21-15(2)24-19-10-6-7-11-20(19)25-22(21)26-31(28,29)18-13-12-16-8-4-5-9-17(16)14-18/h4-11,14,24H,3,12-13H2,1-2H3,(H,25,26). The van der Waals surface area contributed by atoms with Gasteiger partial charge in [0.1, 0.15) is 5.57 Å². The van der Waals surface area contributed by atoms with Crippen molar-refractivity contribution in [2.45, 2.75) is 26.7 Å². The number of aryl methyl sites for hydroxylation is 1. The summed E-state index contributed by atoms with van der Waals surface area (Å²) in [5.41, 5.74) is 3.79. The van der Waals surface area contributed by atoms with Gasteiger partial charge in [0.15, 0.2) is 5.84 Å². The van der Waals surface area contributed by atoms with E-state index in [1.165, 1.54) is 0 Å². The van der Waals surface area contributed by atoms with Crippen LogP contribution in [0, 0.1) is 0 Å². The number of carbonyl (C=O) groups excluding carboxylic acids is 1. The molecule has 1 aliphatic carbocycles. The molecule has 2 aromatic carbocycles. The zero-order valence-electron chi connectivity index (χ0n) is 17.3. The molecule has 2 N–H and O–H groups in total. The molecule has 1 aliphatic heterocycles. The Kier molecular flexibility index (Phi) is 5.65. The van der Waals surface area contributed by atoms with Crippen LogP contribution in [0.1, 0.15) is 31.4 Å². The van der Waals surface area contributed by atoms with E-state index in [-0.39, 0.29) is 22.9 Å². The molecular weight excluding hydrogens is 414 g/mol. The first-order valence-corrected chi connectivity index (χ1v) is 11.5. The number of nitrogens with one attached hydrogen (secondary N) is 2. The third-order valence-corrected chi connectivity index (χ3v) is 6.56. The Morgan fingerprint density at radius 3 is 2.45 bits per heavy atom. The van der Waals surface area contributed by atoms with Crippen LogP contribution in [0.4, 0.5) is 11.4 Å². The Bertz CT molecular complexity index is 1240. The molecule has 4 rings (SSSR count). The van der Waals surface area contributed by atoms with Gasteiger partial charge in [0, 0.05) is 5.70 Å². The van der Waals surface area contributed by atoms with Crippen LogP contribution in [0.3, 0.4) is 0 Å². The Hall–Kier alpha value is -3.39. The molecule has 0 radical (unpaired) electrons. The molecule has 0 saturated heterocycles. The second kappa shape index (κ2) is 8.39. The van der Waals surface area contributed by atoms with Gasteiger partial charge in [-0.15, -0.1) is 4.40 Å². The number of benzene rings is 2. The molecule has 31 heavy (non-hydrogen) atoms.